The fourth-order valence-electron chi connectivity index (χ4n) is 4.04. The van der Waals surface area contributed by atoms with Gasteiger partial charge in [-0.15, -0.1) is 0 Å². The van der Waals surface area contributed by atoms with Crippen molar-refractivity contribution < 1.29 is 13.9 Å². The molecule has 29 heavy (non-hydrogen) atoms. The second-order valence-corrected chi connectivity index (χ2v) is 7.61. The van der Waals surface area contributed by atoms with Crippen molar-refractivity contribution in [1.29, 1.82) is 0 Å². The lowest BCUT2D eigenvalue weighted by Gasteiger charge is -2.37. The summed E-state index contributed by atoms with van der Waals surface area (Å²) in [6.07, 6.45) is 0. The average molecular weight is 394 g/mol. The Morgan fingerprint density at radius 1 is 0.966 bits per heavy atom. The minimum atomic E-state index is -0.371. The molecule has 2 heterocycles. The van der Waals surface area contributed by atoms with Crippen LogP contribution in [-0.2, 0) is 0 Å². The van der Waals surface area contributed by atoms with E-state index >= 15 is 0 Å². The zero-order valence-corrected chi connectivity index (χ0v) is 17.2. The monoisotopic (exact) mass is 394 g/mol. The van der Waals surface area contributed by atoms with Crippen LogP contribution in [0.15, 0.2) is 51.7 Å². The molecular formula is C23H26N2O4. The van der Waals surface area contributed by atoms with Gasteiger partial charge in [-0.05, 0) is 49.7 Å². The first-order chi connectivity index (χ1) is 14.0. The lowest BCUT2D eigenvalue weighted by atomic mass is 10.0. The fraction of sp³-hybridized carbons (Fsp3) is 0.348. The molecule has 0 unspecified atom stereocenters. The van der Waals surface area contributed by atoms with Crippen LogP contribution in [0.1, 0.15) is 13.8 Å². The smallest absolute Gasteiger partial charge is 0.344 e. The Bertz CT molecular complexity index is 1080. The number of piperazine rings is 1. The zero-order chi connectivity index (χ0) is 20.5. The van der Waals surface area contributed by atoms with Crippen molar-refractivity contribution >= 4 is 16.7 Å². The van der Waals surface area contributed by atoms with Gasteiger partial charge in [0.15, 0.2) is 11.5 Å². The highest BCUT2D eigenvalue weighted by molar-refractivity contribution is 5.85. The minimum Gasteiger partial charge on any atom is -0.493 e. The maximum atomic E-state index is 12.7. The van der Waals surface area contributed by atoms with Gasteiger partial charge in [-0.3, -0.25) is 0 Å². The predicted molar refractivity (Wildman–Crippen MR) is 115 cm³/mol. The average Bonchev–Trinajstić information content (AvgIpc) is 2.71. The van der Waals surface area contributed by atoms with E-state index in [1.807, 2.05) is 24.3 Å². The molecule has 0 radical (unpaired) electrons. The van der Waals surface area contributed by atoms with Crippen molar-refractivity contribution in [1.82, 2.24) is 5.32 Å². The molecule has 6 nitrogen and oxygen atoms in total. The van der Waals surface area contributed by atoms with Crippen LogP contribution in [0.25, 0.3) is 22.1 Å². The number of nitrogens with zero attached hydrogens (tertiary/aromatic N) is 1. The molecule has 1 aliphatic heterocycles. The molecule has 0 spiro atoms. The van der Waals surface area contributed by atoms with E-state index in [9.17, 15) is 4.79 Å². The van der Waals surface area contributed by atoms with E-state index in [1.54, 1.807) is 26.4 Å². The van der Waals surface area contributed by atoms with Crippen LogP contribution in [-0.4, -0.2) is 39.4 Å². The van der Waals surface area contributed by atoms with Crippen LogP contribution in [0.5, 0.6) is 11.5 Å². The van der Waals surface area contributed by atoms with Gasteiger partial charge in [0.25, 0.3) is 0 Å². The van der Waals surface area contributed by atoms with Crippen LogP contribution in [0.4, 0.5) is 5.69 Å². The van der Waals surface area contributed by atoms with E-state index in [2.05, 4.69) is 30.1 Å². The summed E-state index contributed by atoms with van der Waals surface area (Å²) in [5.74, 6) is 1.19. The quantitative estimate of drug-likeness (QED) is 0.682. The summed E-state index contributed by atoms with van der Waals surface area (Å²) in [6.45, 7) is 6.20. The summed E-state index contributed by atoms with van der Waals surface area (Å²) in [6, 6.07) is 14.2. The molecule has 2 atom stereocenters. The molecule has 2 aromatic carbocycles. The van der Waals surface area contributed by atoms with Crippen LogP contribution in [0.3, 0.4) is 0 Å². The maximum Gasteiger partial charge on any atom is 0.344 e. The highest BCUT2D eigenvalue weighted by atomic mass is 16.5. The second-order valence-electron chi connectivity index (χ2n) is 7.61. The molecule has 0 saturated carbocycles. The third-order valence-electron chi connectivity index (χ3n) is 5.34. The number of rotatable bonds is 4. The summed E-state index contributed by atoms with van der Waals surface area (Å²) in [7, 11) is 3.16. The zero-order valence-electron chi connectivity index (χ0n) is 17.2. The number of fused-ring (bicyclic) bond motifs is 1. The number of nitrogens with one attached hydrogen (secondary N) is 1. The lowest BCUT2D eigenvalue weighted by Crippen LogP contribution is -2.54. The molecule has 0 aliphatic carbocycles. The van der Waals surface area contributed by atoms with E-state index in [0.717, 1.165) is 29.7 Å². The largest absolute Gasteiger partial charge is 0.493 e. The highest BCUT2D eigenvalue weighted by Gasteiger charge is 2.21. The summed E-state index contributed by atoms with van der Waals surface area (Å²) in [4.78, 5) is 15.0. The van der Waals surface area contributed by atoms with Crippen molar-refractivity contribution in [2.75, 3.05) is 32.2 Å². The first-order valence-electron chi connectivity index (χ1n) is 9.80. The molecule has 1 aliphatic rings. The Morgan fingerprint density at radius 3 is 2.38 bits per heavy atom. The summed E-state index contributed by atoms with van der Waals surface area (Å²) in [5.41, 5.74) is 2.52. The molecule has 1 aromatic heterocycles. The van der Waals surface area contributed by atoms with Gasteiger partial charge in [0.1, 0.15) is 5.58 Å². The van der Waals surface area contributed by atoms with Gasteiger partial charge in [-0.25, -0.2) is 4.79 Å². The maximum absolute atomic E-state index is 12.7. The number of methoxy groups -OCH3 is 2. The van der Waals surface area contributed by atoms with Gasteiger partial charge in [-0.2, -0.15) is 0 Å². The Kier molecular flexibility index (Phi) is 5.20. The van der Waals surface area contributed by atoms with Gasteiger partial charge in [0.05, 0.1) is 19.8 Å². The van der Waals surface area contributed by atoms with E-state index in [4.69, 9.17) is 13.9 Å². The summed E-state index contributed by atoms with van der Waals surface area (Å²) in [5, 5.41) is 4.42. The molecule has 1 saturated heterocycles. The molecule has 1 fully saturated rings. The van der Waals surface area contributed by atoms with Crippen molar-refractivity contribution in [2.45, 2.75) is 25.9 Å². The van der Waals surface area contributed by atoms with Gasteiger partial charge in [0.2, 0.25) is 0 Å². The molecule has 0 bridgehead atoms. The standard InChI is InChI=1S/C23H26N2O4/c1-14-12-25(13-15(2)24-14)18-7-5-17-9-19(23(26)29-21(17)11-18)16-6-8-20(27-3)22(10-16)28-4/h5-11,14-15,24H,12-13H2,1-4H3/t14-,15+. The molecule has 3 aromatic rings. The Hall–Kier alpha value is -2.99. The lowest BCUT2D eigenvalue weighted by molar-refractivity contribution is 0.355. The van der Waals surface area contributed by atoms with Crippen LogP contribution >= 0.6 is 0 Å². The van der Waals surface area contributed by atoms with Gasteiger partial charge in [-0.1, -0.05) is 6.07 Å². The number of hydrogen-bond donors (Lipinski definition) is 1. The van der Waals surface area contributed by atoms with E-state index in [1.165, 1.54) is 0 Å². The van der Waals surface area contributed by atoms with Crippen molar-refractivity contribution in [2.24, 2.45) is 0 Å². The first-order valence-corrected chi connectivity index (χ1v) is 9.80. The summed E-state index contributed by atoms with van der Waals surface area (Å²) >= 11 is 0. The van der Waals surface area contributed by atoms with E-state index < -0.39 is 0 Å². The third kappa shape index (κ3) is 3.80. The Morgan fingerprint density at radius 2 is 1.69 bits per heavy atom. The second kappa shape index (κ2) is 7.79. The van der Waals surface area contributed by atoms with E-state index in [0.29, 0.717) is 34.7 Å². The number of ether oxygens (including phenoxy) is 2. The highest BCUT2D eigenvalue weighted by Crippen LogP contribution is 2.32. The van der Waals surface area contributed by atoms with Gasteiger partial charge >= 0.3 is 5.63 Å². The van der Waals surface area contributed by atoms with Crippen molar-refractivity contribution in [3.05, 3.63) is 52.9 Å². The fourth-order valence-corrected chi connectivity index (χ4v) is 4.04. The van der Waals surface area contributed by atoms with Crippen molar-refractivity contribution in [3.63, 3.8) is 0 Å². The van der Waals surface area contributed by atoms with Crippen LogP contribution < -0.4 is 25.3 Å². The molecular weight excluding hydrogens is 368 g/mol. The first kappa shape index (κ1) is 19.3. The molecule has 4 rings (SSSR count). The van der Waals surface area contributed by atoms with E-state index in [-0.39, 0.29) is 5.63 Å². The third-order valence-corrected chi connectivity index (χ3v) is 5.34. The molecule has 1 N–H and O–H groups in total. The topological polar surface area (TPSA) is 63.9 Å². The number of hydrogen-bond acceptors (Lipinski definition) is 6. The number of anilines is 1. The van der Waals surface area contributed by atoms with Crippen molar-refractivity contribution in [3.8, 4) is 22.6 Å². The molecule has 0 amide bonds. The Balaban J connectivity index is 1.72. The SMILES string of the molecule is COc1ccc(-c2cc3ccc(N4C[C@@H](C)N[C@@H](C)C4)cc3oc2=O)cc1OC. The normalized spacial score (nSPS) is 19.4. The van der Waals surface area contributed by atoms with Gasteiger partial charge < -0.3 is 24.1 Å². The molecule has 6 heteroatoms. The Labute approximate surface area is 170 Å². The predicted octanol–water partition coefficient (Wildman–Crippen LogP) is 3.66. The number of benzene rings is 2. The van der Waals surface area contributed by atoms with Crippen LogP contribution in [0.2, 0.25) is 0 Å². The summed E-state index contributed by atoms with van der Waals surface area (Å²) < 4.78 is 16.3. The van der Waals surface area contributed by atoms with Crippen LogP contribution in [0, 0.1) is 0 Å². The minimum absolute atomic E-state index is 0.371. The molecule has 152 valence electrons. The van der Waals surface area contributed by atoms with Gasteiger partial charge in [0, 0.05) is 42.3 Å².